The Bertz CT molecular complexity index is 1430. The largest absolute Gasteiger partial charge is 0.381 e. The number of carbonyl (C=O) groups excluding carboxylic acids is 3. The van der Waals surface area contributed by atoms with Crippen LogP contribution >= 0.6 is 0 Å². The lowest BCUT2D eigenvalue weighted by Crippen LogP contribution is -2.85. The van der Waals surface area contributed by atoms with Gasteiger partial charge in [0.1, 0.15) is 21.5 Å². The van der Waals surface area contributed by atoms with E-state index in [-0.39, 0.29) is 17.7 Å². The Hall–Kier alpha value is -3.37. The van der Waals surface area contributed by atoms with Gasteiger partial charge < -0.3 is 40.5 Å². The highest BCUT2D eigenvalue weighted by Gasteiger charge is 2.76. The van der Waals surface area contributed by atoms with Crippen LogP contribution in [0.25, 0.3) is 0 Å². The van der Waals surface area contributed by atoms with Crippen LogP contribution in [-0.4, -0.2) is 112 Å². The maximum Gasteiger partial charge on any atom is 0.306 e. The van der Waals surface area contributed by atoms with Crippen LogP contribution in [0.2, 0.25) is 0 Å². The Kier molecular flexibility index (Phi) is 7.02. The Labute approximate surface area is 235 Å². The predicted molar refractivity (Wildman–Crippen MR) is 144 cm³/mol. The first-order valence-electron chi connectivity index (χ1n) is 12.9. The summed E-state index contributed by atoms with van der Waals surface area (Å²) in [4.78, 5) is 40.1. The monoisotopic (exact) mass is 570 g/mol. The standard InChI is InChI=1S/C25H29B2FN4O9/c26-24(27,31-7-9-41-10-8-31)16-5-1-3-13(18(16)28)11-29-17-6-2-4-14-15(17)12-32(19(14)33)22(36)20(34)30-21(35)23(37,38)25(22,39)40/h1-6,29,36-40H,7-12,26-27H2,(H,30,34,35). The van der Waals surface area contributed by atoms with E-state index in [4.69, 9.17) is 4.74 Å². The minimum absolute atomic E-state index is 0.0108. The summed E-state index contributed by atoms with van der Waals surface area (Å²) in [5, 5.41) is 55.7. The number of imide groups is 1. The normalized spacial score (nSPS) is 24.2. The molecule has 0 aliphatic carbocycles. The zero-order valence-electron chi connectivity index (χ0n) is 22.3. The summed E-state index contributed by atoms with van der Waals surface area (Å²) in [6.45, 7) is 1.82. The third-order valence-electron chi connectivity index (χ3n) is 8.20. The number of nitrogens with zero attached hydrogens (tertiary/aromatic N) is 2. The van der Waals surface area contributed by atoms with E-state index in [9.17, 15) is 39.9 Å². The Morgan fingerprint density at radius 1 is 1.00 bits per heavy atom. The molecule has 0 radical (unpaired) electrons. The van der Waals surface area contributed by atoms with Crippen LogP contribution < -0.4 is 10.6 Å². The van der Waals surface area contributed by atoms with Crippen LogP contribution in [0.4, 0.5) is 10.1 Å². The summed E-state index contributed by atoms with van der Waals surface area (Å²) in [7, 11) is 3.88. The van der Waals surface area contributed by atoms with Crippen LogP contribution in [0.3, 0.4) is 0 Å². The summed E-state index contributed by atoms with van der Waals surface area (Å²) in [5.74, 6) is -13.3. The lowest BCUT2D eigenvalue weighted by atomic mass is 9.56. The molecular weight excluding hydrogens is 541 g/mol. The van der Waals surface area contributed by atoms with Gasteiger partial charge in [-0.2, -0.15) is 0 Å². The number of hydrogen-bond acceptors (Lipinski definition) is 11. The third kappa shape index (κ3) is 4.25. The molecule has 0 aromatic heterocycles. The van der Waals surface area contributed by atoms with E-state index in [1.165, 1.54) is 17.4 Å². The summed E-state index contributed by atoms with van der Waals surface area (Å²) < 4.78 is 21.2. The molecule has 3 heterocycles. The van der Waals surface area contributed by atoms with Crippen molar-refractivity contribution in [2.45, 2.75) is 35.7 Å². The number of rotatable bonds is 6. The molecule has 13 nitrogen and oxygen atoms in total. The fourth-order valence-corrected chi connectivity index (χ4v) is 5.58. The zero-order chi connectivity index (χ0) is 30.0. The van der Waals surface area contributed by atoms with Gasteiger partial charge in [-0.1, -0.05) is 24.3 Å². The van der Waals surface area contributed by atoms with Crippen LogP contribution in [0, 0.1) is 5.82 Å². The highest BCUT2D eigenvalue weighted by molar-refractivity contribution is 6.39. The molecule has 1 unspecified atom stereocenters. The molecule has 41 heavy (non-hydrogen) atoms. The van der Waals surface area contributed by atoms with Gasteiger partial charge >= 0.3 is 5.79 Å². The van der Waals surface area contributed by atoms with E-state index >= 15 is 4.39 Å². The van der Waals surface area contributed by atoms with Crippen molar-refractivity contribution in [3.05, 3.63) is 64.5 Å². The molecule has 3 aliphatic rings. The van der Waals surface area contributed by atoms with Crippen molar-refractivity contribution in [2.24, 2.45) is 0 Å². The first-order valence-corrected chi connectivity index (χ1v) is 12.9. The van der Waals surface area contributed by atoms with E-state index in [0.717, 1.165) is 0 Å². The molecule has 0 spiro atoms. The highest BCUT2D eigenvalue weighted by atomic mass is 19.1. The minimum Gasteiger partial charge on any atom is -0.381 e. The first-order chi connectivity index (χ1) is 19.2. The second kappa shape index (κ2) is 9.87. The van der Waals surface area contributed by atoms with Crippen molar-refractivity contribution < 1.29 is 49.0 Å². The van der Waals surface area contributed by atoms with Gasteiger partial charge in [-0.3, -0.25) is 24.6 Å². The van der Waals surface area contributed by atoms with Gasteiger partial charge in [0.2, 0.25) is 0 Å². The minimum atomic E-state index is -4.19. The van der Waals surface area contributed by atoms with Crippen molar-refractivity contribution in [3.63, 3.8) is 0 Å². The topological polar surface area (TPSA) is 192 Å². The molecule has 2 aromatic carbocycles. The fraction of sp³-hybridized carbons (Fsp3) is 0.400. The van der Waals surface area contributed by atoms with E-state index < -0.39 is 52.7 Å². The maximum absolute atomic E-state index is 15.8. The molecule has 1 atom stereocenters. The van der Waals surface area contributed by atoms with Crippen LogP contribution in [0.5, 0.6) is 0 Å². The zero-order valence-corrected chi connectivity index (χ0v) is 22.3. The lowest BCUT2D eigenvalue weighted by Gasteiger charge is -2.50. The lowest BCUT2D eigenvalue weighted by molar-refractivity contribution is -0.407. The van der Waals surface area contributed by atoms with Gasteiger partial charge in [-0.15, -0.1) is 0 Å². The predicted octanol–water partition coefficient (Wildman–Crippen LogP) is -4.19. The van der Waals surface area contributed by atoms with Crippen molar-refractivity contribution >= 4 is 39.1 Å². The van der Waals surface area contributed by atoms with E-state index in [0.29, 0.717) is 48.0 Å². The number of halogens is 1. The van der Waals surface area contributed by atoms with E-state index in [1.54, 1.807) is 24.3 Å². The Morgan fingerprint density at radius 3 is 2.34 bits per heavy atom. The number of amides is 3. The molecule has 2 fully saturated rings. The maximum atomic E-state index is 15.8. The number of anilines is 1. The molecule has 0 saturated carbocycles. The molecule has 3 aliphatic heterocycles. The average Bonchev–Trinajstić information content (AvgIpc) is 3.28. The summed E-state index contributed by atoms with van der Waals surface area (Å²) >= 11 is 0. The highest BCUT2D eigenvalue weighted by Crippen LogP contribution is 2.42. The van der Waals surface area contributed by atoms with Crippen LogP contribution in [0.15, 0.2) is 36.4 Å². The number of carbonyl (C=O) groups is 3. The van der Waals surface area contributed by atoms with Gasteiger partial charge in [0.15, 0.2) is 0 Å². The molecule has 16 heteroatoms. The van der Waals surface area contributed by atoms with E-state index in [2.05, 4.69) is 10.2 Å². The smallest absolute Gasteiger partial charge is 0.306 e. The number of piperidine rings is 1. The second-order valence-corrected chi connectivity index (χ2v) is 10.8. The summed E-state index contributed by atoms with van der Waals surface area (Å²) in [6.07, 6.45) is 0. The summed E-state index contributed by atoms with van der Waals surface area (Å²) in [6, 6.07) is 9.49. The van der Waals surface area contributed by atoms with Gasteiger partial charge in [0, 0.05) is 42.0 Å². The number of ether oxygens (including phenoxy) is 1. The van der Waals surface area contributed by atoms with Gasteiger partial charge in [0.05, 0.1) is 19.8 Å². The van der Waals surface area contributed by atoms with Crippen molar-refractivity contribution in [3.8, 4) is 0 Å². The molecule has 3 amide bonds. The molecule has 7 N–H and O–H groups in total. The number of hydrogen-bond donors (Lipinski definition) is 7. The van der Waals surface area contributed by atoms with Gasteiger partial charge in [0.25, 0.3) is 29.2 Å². The molecule has 0 bridgehead atoms. The molecular formula is C25H29B2FN4O9. The SMILES string of the molecule is BC(B)(c1cccc(CNc2cccc3c2CN(C2(O)C(=O)NC(=O)C(O)(O)C2(O)O)C3=O)c1F)N1CCOCC1. The van der Waals surface area contributed by atoms with Gasteiger partial charge in [-0.05, 0) is 23.0 Å². The van der Waals surface area contributed by atoms with Crippen molar-refractivity contribution in [2.75, 3.05) is 31.6 Å². The van der Waals surface area contributed by atoms with Crippen LogP contribution in [0.1, 0.15) is 27.0 Å². The Morgan fingerprint density at radius 2 is 1.66 bits per heavy atom. The molecule has 2 aromatic rings. The second-order valence-electron chi connectivity index (χ2n) is 10.8. The quantitative estimate of drug-likeness (QED) is 0.101. The molecule has 5 rings (SSSR count). The molecule has 2 saturated heterocycles. The Balaban J connectivity index is 1.41. The number of benzene rings is 2. The number of nitrogens with one attached hydrogen (secondary N) is 2. The fourth-order valence-electron chi connectivity index (χ4n) is 5.58. The first kappa shape index (κ1) is 29.1. The average molecular weight is 570 g/mol. The van der Waals surface area contributed by atoms with Gasteiger partial charge in [-0.25, -0.2) is 4.39 Å². The number of aliphatic hydroxyl groups is 5. The van der Waals surface area contributed by atoms with Crippen LogP contribution in [-0.2, 0) is 32.8 Å². The summed E-state index contributed by atoms with van der Waals surface area (Å²) in [5.41, 5.74) is -2.36. The number of fused-ring (bicyclic) bond motifs is 1. The number of morpholine rings is 1. The van der Waals surface area contributed by atoms with E-state index in [1.807, 2.05) is 15.7 Å². The van der Waals surface area contributed by atoms with Crippen molar-refractivity contribution in [1.29, 1.82) is 0 Å². The third-order valence-corrected chi connectivity index (χ3v) is 8.20. The molecule has 216 valence electrons. The van der Waals surface area contributed by atoms with Crippen molar-refractivity contribution in [1.82, 2.24) is 15.1 Å².